The first kappa shape index (κ1) is 13.9. The Labute approximate surface area is 121 Å². The molecule has 1 aromatic carbocycles. The van der Waals surface area contributed by atoms with Gasteiger partial charge in [-0.05, 0) is 26.0 Å². The summed E-state index contributed by atoms with van der Waals surface area (Å²) >= 11 is 3.39. The van der Waals surface area contributed by atoms with Crippen molar-refractivity contribution in [1.82, 2.24) is 14.9 Å². The Hall–Kier alpha value is -1.49. The summed E-state index contributed by atoms with van der Waals surface area (Å²) < 4.78 is 0. The van der Waals surface area contributed by atoms with E-state index in [2.05, 4.69) is 25.9 Å². The van der Waals surface area contributed by atoms with Crippen molar-refractivity contribution < 1.29 is 4.79 Å². The van der Waals surface area contributed by atoms with E-state index in [4.69, 9.17) is 0 Å². The van der Waals surface area contributed by atoms with Crippen LogP contribution in [0.15, 0.2) is 30.6 Å². The Morgan fingerprint density at radius 3 is 2.74 bits per heavy atom. The molecule has 0 N–H and O–H groups in total. The van der Waals surface area contributed by atoms with Crippen molar-refractivity contribution in [3.63, 3.8) is 0 Å². The van der Waals surface area contributed by atoms with Gasteiger partial charge in [-0.2, -0.15) is 0 Å². The Balaban J connectivity index is 2.45. The Bertz CT molecular complexity index is 580. The second kappa shape index (κ2) is 6.10. The van der Waals surface area contributed by atoms with Crippen LogP contribution >= 0.6 is 15.9 Å². The molecule has 0 unspecified atom stereocenters. The molecule has 0 saturated carbocycles. The monoisotopic (exact) mass is 321 g/mol. The van der Waals surface area contributed by atoms with E-state index in [1.807, 2.05) is 36.9 Å². The van der Waals surface area contributed by atoms with Crippen LogP contribution in [0.5, 0.6) is 0 Å². The van der Waals surface area contributed by atoms with Crippen LogP contribution in [0.2, 0.25) is 0 Å². The number of amides is 1. The van der Waals surface area contributed by atoms with Gasteiger partial charge in [0, 0.05) is 30.3 Å². The maximum atomic E-state index is 12.6. The van der Waals surface area contributed by atoms with Gasteiger partial charge in [0.05, 0.1) is 11.1 Å². The molecule has 0 radical (unpaired) electrons. The van der Waals surface area contributed by atoms with Gasteiger partial charge in [-0.1, -0.05) is 22.0 Å². The average Bonchev–Trinajstić information content (AvgIpc) is 2.43. The fourth-order valence-electron chi connectivity index (χ4n) is 2.01. The number of hydrogen-bond acceptors (Lipinski definition) is 3. The van der Waals surface area contributed by atoms with E-state index in [-0.39, 0.29) is 11.9 Å². The van der Waals surface area contributed by atoms with Crippen LogP contribution < -0.4 is 0 Å². The van der Waals surface area contributed by atoms with Crippen LogP contribution in [0.3, 0.4) is 0 Å². The minimum atomic E-state index is 0.000509. The van der Waals surface area contributed by atoms with Crippen molar-refractivity contribution in [3.05, 3.63) is 36.2 Å². The smallest absolute Gasteiger partial charge is 0.256 e. The number of nitrogens with zero attached hydrogens (tertiary/aromatic N) is 3. The number of fused-ring (bicyclic) bond motifs is 1. The summed E-state index contributed by atoms with van der Waals surface area (Å²) in [4.78, 5) is 23.0. The molecular formula is C14H16BrN3O. The number of benzene rings is 1. The van der Waals surface area contributed by atoms with E-state index in [9.17, 15) is 4.79 Å². The van der Waals surface area contributed by atoms with Crippen molar-refractivity contribution in [1.29, 1.82) is 0 Å². The van der Waals surface area contributed by atoms with E-state index in [0.717, 1.165) is 10.8 Å². The van der Waals surface area contributed by atoms with Crippen LogP contribution in [0.25, 0.3) is 11.0 Å². The first-order valence-electron chi connectivity index (χ1n) is 6.22. The quantitative estimate of drug-likeness (QED) is 0.813. The van der Waals surface area contributed by atoms with Gasteiger partial charge >= 0.3 is 0 Å². The number of alkyl halides is 1. The molecule has 2 aromatic rings. The van der Waals surface area contributed by atoms with Gasteiger partial charge in [-0.15, -0.1) is 0 Å². The van der Waals surface area contributed by atoms with Crippen molar-refractivity contribution in [2.75, 3.05) is 11.9 Å². The molecule has 0 atom stereocenters. The van der Waals surface area contributed by atoms with Crippen LogP contribution in [0, 0.1) is 0 Å². The van der Waals surface area contributed by atoms with Gasteiger partial charge in [-0.3, -0.25) is 14.8 Å². The fraction of sp³-hybridized carbons (Fsp3) is 0.357. The second-order valence-electron chi connectivity index (χ2n) is 4.51. The predicted molar refractivity (Wildman–Crippen MR) is 79.5 cm³/mol. The van der Waals surface area contributed by atoms with Crippen molar-refractivity contribution in [2.45, 2.75) is 19.9 Å². The number of halogens is 1. The molecule has 0 aliphatic heterocycles. The number of aromatic nitrogens is 2. The number of rotatable bonds is 4. The molecule has 0 saturated heterocycles. The minimum Gasteiger partial charge on any atom is -0.335 e. The van der Waals surface area contributed by atoms with E-state index in [0.29, 0.717) is 17.6 Å². The normalized spacial score (nSPS) is 10.9. The highest BCUT2D eigenvalue weighted by atomic mass is 79.9. The lowest BCUT2D eigenvalue weighted by molar-refractivity contribution is 0.0721. The van der Waals surface area contributed by atoms with E-state index in [1.54, 1.807) is 12.4 Å². The molecule has 1 amide bonds. The summed E-state index contributed by atoms with van der Waals surface area (Å²) in [6.07, 6.45) is 3.25. The summed E-state index contributed by atoms with van der Waals surface area (Å²) in [5.41, 5.74) is 2.02. The van der Waals surface area contributed by atoms with Crippen LogP contribution in [0.4, 0.5) is 0 Å². The predicted octanol–water partition coefficient (Wildman–Crippen LogP) is 2.88. The lowest BCUT2D eigenvalue weighted by Gasteiger charge is -2.26. The average molecular weight is 322 g/mol. The van der Waals surface area contributed by atoms with Crippen LogP contribution in [0.1, 0.15) is 24.2 Å². The van der Waals surface area contributed by atoms with Crippen molar-refractivity contribution in [3.8, 4) is 0 Å². The van der Waals surface area contributed by atoms with Gasteiger partial charge in [0.25, 0.3) is 5.91 Å². The first-order valence-corrected chi connectivity index (χ1v) is 7.34. The molecule has 0 aliphatic rings. The molecule has 1 heterocycles. The van der Waals surface area contributed by atoms with Crippen LogP contribution in [-0.4, -0.2) is 38.7 Å². The SMILES string of the molecule is CC(C)N(CCBr)C(=O)c1cccc2nccnc12. The molecular weight excluding hydrogens is 306 g/mol. The van der Waals surface area contributed by atoms with E-state index >= 15 is 0 Å². The van der Waals surface area contributed by atoms with E-state index < -0.39 is 0 Å². The van der Waals surface area contributed by atoms with Gasteiger partial charge in [0.15, 0.2) is 0 Å². The van der Waals surface area contributed by atoms with Gasteiger partial charge < -0.3 is 4.90 Å². The maximum absolute atomic E-state index is 12.6. The highest BCUT2D eigenvalue weighted by Crippen LogP contribution is 2.17. The third-order valence-electron chi connectivity index (χ3n) is 2.94. The van der Waals surface area contributed by atoms with Gasteiger partial charge in [0.2, 0.25) is 0 Å². The first-order chi connectivity index (χ1) is 9.15. The minimum absolute atomic E-state index is 0.000509. The molecule has 5 heteroatoms. The zero-order valence-electron chi connectivity index (χ0n) is 11.0. The zero-order chi connectivity index (χ0) is 13.8. The largest absolute Gasteiger partial charge is 0.335 e. The number of para-hydroxylation sites is 1. The lowest BCUT2D eigenvalue weighted by Crippen LogP contribution is -2.38. The zero-order valence-corrected chi connectivity index (χ0v) is 12.6. The summed E-state index contributed by atoms with van der Waals surface area (Å²) in [6, 6.07) is 5.67. The second-order valence-corrected chi connectivity index (χ2v) is 5.30. The Morgan fingerprint density at radius 2 is 2.05 bits per heavy atom. The third-order valence-corrected chi connectivity index (χ3v) is 3.29. The number of hydrogen-bond donors (Lipinski definition) is 0. The summed E-state index contributed by atoms with van der Waals surface area (Å²) in [7, 11) is 0. The van der Waals surface area contributed by atoms with Crippen LogP contribution in [-0.2, 0) is 0 Å². The van der Waals surface area contributed by atoms with Gasteiger partial charge in [0.1, 0.15) is 5.52 Å². The molecule has 0 aliphatic carbocycles. The molecule has 100 valence electrons. The molecule has 0 fully saturated rings. The lowest BCUT2D eigenvalue weighted by atomic mass is 10.1. The maximum Gasteiger partial charge on any atom is 0.256 e. The Kier molecular flexibility index (Phi) is 4.47. The molecule has 1 aromatic heterocycles. The topological polar surface area (TPSA) is 46.1 Å². The van der Waals surface area contributed by atoms with Gasteiger partial charge in [-0.25, -0.2) is 0 Å². The highest BCUT2D eigenvalue weighted by Gasteiger charge is 2.20. The van der Waals surface area contributed by atoms with Crippen molar-refractivity contribution in [2.24, 2.45) is 0 Å². The summed E-state index contributed by atoms with van der Waals surface area (Å²) in [5.74, 6) is 0.000509. The number of carbonyl (C=O) groups is 1. The third kappa shape index (κ3) is 2.92. The molecule has 2 rings (SSSR count). The molecule has 0 spiro atoms. The summed E-state index contributed by atoms with van der Waals surface area (Å²) in [5, 5.41) is 0.757. The molecule has 4 nitrogen and oxygen atoms in total. The summed E-state index contributed by atoms with van der Waals surface area (Å²) in [6.45, 7) is 4.70. The fourth-order valence-corrected chi connectivity index (χ4v) is 2.39. The van der Waals surface area contributed by atoms with E-state index in [1.165, 1.54) is 0 Å². The molecule has 19 heavy (non-hydrogen) atoms. The standard InChI is InChI=1S/C14H16BrN3O/c1-10(2)18(9-6-15)14(19)11-4-3-5-12-13(11)17-8-7-16-12/h3-5,7-8,10H,6,9H2,1-2H3. The molecule has 0 bridgehead atoms. The highest BCUT2D eigenvalue weighted by molar-refractivity contribution is 9.09. The van der Waals surface area contributed by atoms with Crippen molar-refractivity contribution >= 4 is 32.9 Å². The number of carbonyl (C=O) groups excluding carboxylic acids is 1. The Morgan fingerprint density at radius 1 is 1.32 bits per heavy atom.